The summed E-state index contributed by atoms with van der Waals surface area (Å²) < 4.78 is 26.4. The lowest BCUT2D eigenvalue weighted by Crippen LogP contribution is -2.37. The van der Waals surface area contributed by atoms with Gasteiger partial charge in [0.25, 0.3) is 0 Å². The second kappa shape index (κ2) is 3.38. The van der Waals surface area contributed by atoms with E-state index in [9.17, 15) is 13.2 Å². The van der Waals surface area contributed by atoms with E-state index >= 15 is 0 Å². The maximum Gasteiger partial charge on any atom is 0.245 e. The Morgan fingerprint density at radius 1 is 1.29 bits per heavy atom. The van der Waals surface area contributed by atoms with Crippen LogP contribution >= 0.6 is 11.3 Å². The van der Waals surface area contributed by atoms with Crippen molar-refractivity contribution in [3.05, 3.63) is 29.1 Å². The predicted octanol–water partition coefficient (Wildman–Crippen LogP) is 1.72. The van der Waals surface area contributed by atoms with Gasteiger partial charge in [-0.1, -0.05) is 18.2 Å². The molecule has 0 radical (unpaired) electrons. The van der Waals surface area contributed by atoms with E-state index in [0.717, 1.165) is 9.01 Å². The van der Waals surface area contributed by atoms with Gasteiger partial charge < -0.3 is 0 Å². The minimum Gasteiger partial charge on any atom is -0.292 e. The number of ketones is 1. The Hall–Kier alpha value is -1.24. The normalized spacial score (nSPS) is 19.5. The van der Waals surface area contributed by atoms with E-state index in [4.69, 9.17) is 0 Å². The van der Waals surface area contributed by atoms with Crippen LogP contribution in [0.5, 0.6) is 0 Å². The molecule has 1 aromatic heterocycles. The molecule has 3 rings (SSSR count). The molecule has 0 saturated carbocycles. The van der Waals surface area contributed by atoms with Gasteiger partial charge in [0.15, 0.2) is 5.78 Å². The van der Waals surface area contributed by atoms with Crippen molar-refractivity contribution in [2.75, 3.05) is 13.6 Å². The first kappa shape index (κ1) is 10.9. The number of sulfonamides is 1. The Bertz CT molecular complexity index is 730. The third kappa shape index (κ3) is 1.38. The zero-order chi connectivity index (χ0) is 12.2. The molecule has 6 heteroatoms. The van der Waals surface area contributed by atoms with Crippen molar-refractivity contribution in [3.8, 4) is 0 Å². The van der Waals surface area contributed by atoms with Gasteiger partial charge in [0.05, 0.1) is 11.4 Å². The third-order valence-corrected chi connectivity index (χ3v) is 6.07. The van der Waals surface area contributed by atoms with E-state index in [0.29, 0.717) is 10.3 Å². The molecule has 0 unspecified atom stereocenters. The van der Waals surface area contributed by atoms with E-state index in [-0.39, 0.29) is 17.2 Å². The van der Waals surface area contributed by atoms with Crippen LogP contribution in [0.25, 0.3) is 10.1 Å². The predicted molar refractivity (Wildman–Crippen MR) is 66.0 cm³/mol. The number of nitrogens with zero attached hydrogens (tertiary/aromatic N) is 1. The van der Waals surface area contributed by atoms with Crippen molar-refractivity contribution < 1.29 is 13.2 Å². The SMILES string of the molecule is CN1CC(=O)c2sc3ccccc3c2S1(=O)=O. The summed E-state index contributed by atoms with van der Waals surface area (Å²) in [5.41, 5.74) is 0. The number of likely N-dealkylation sites (N-methyl/N-ethyl adjacent to an activating group) is 1. The number of fused-ring (bicyclic) bond motifs is 3. The number of hydrogen-bond acceptors (Lipinski definition) is 4. The van der Waals surface area contributed by atoms with Crippen molar-refractivity contribution in [1.82, 2.24) is 4.31 Å². The molecule has 0 N–H and O–H groups in total. The Labute approximate surface area is 103 Å². The van der Waals surface area contributed by atoms with E-state index < -0.39 is 10.0 Å². The van der Waals surface area contributed by atoms with Crippen LogP contribution in [0.2, 0.25) is 0 Å². The van der Waals surface area contributed by atoms with Gasteiger partial charge in [-0.15, -0.1) is 11.3 Å². The summed E-state index contributed by atoms with van der Waals surface area (Å²) in [4.78, 5) is 12.4. The molecule has 0 spiro atoms. The minimum atomic E-state index is -3.51. The van der Waals surface area contributed by atoms with Gasteiger partial charge in [0.1, 0.15) is 4.90 Å². The van der Waals surface area contributed by atoms with Gasteiger partial charge in [-0.25, -0.2) is 8.42 Å². The molecule has 17 heavy (non-hydrogen) atoms. The summed E-state index contributed by atoms with van der Waals surface area (Å²) >= 11 is 1.26. The van der Waals surface area contributed by atoms with Gasteiger partial charge in [-0.2, -0.15) is 4.31 Å². The fourth-order valence-corrected chi connectivity index (χ4v) is 4.91. The molecule has 0 atom stereocenters. The second-order valence-corrected chi connectivity index (χ2v) is 6.97. The van der Waals surface area contributed by atoms with Crippen LogP contribution in [0.3, 0.4) is 0 Å². The molecule has 4 nitrogen and oxygen atoms in total. The van der Waals surface area contributed by atoms with E-state index in [1.54, 1.807) is 12.1 Å². The van der Waals surface area contributed by atoms with Crippen molar-refractivity contribution >= 4 is 37.2 Å². The molecule has 1 aliphatic rings. The minimum absolute atomic E-state index is 0.0673. The largest absolute Gasteiger partial charge is 0.292 e. The highest BCUT2D eigenvalue weighted by molar-refractivity contribution is 7.89. The summed E-state index contributed by atoms with van der Waals surface area (Å²) in [5, 5.41) is 0.646. The molecule has 2 aromatic rings. The molecular weight excluding hydrogens is 258 g/mol. The number of benzene rings is 1. The molecular formula is C11H9NO3S2. The average Bonchev–Trinajstić information content (AvgIpc) is 2.67. The Morgan fingerprint density at radius 2 is 2.00 bits per heavy atom. The number of carbonyl (C=O) groups is 1. The molecule has 88 valence electrons. The maximum atomic E-state index is 12.2. The summed E-state index contributed by atoms with van der Waals surface area (Å²) in [6.07, 6.45) is 0. The number of thiophene rings is 1. The van der Waals surface area contributed by atoms with E-state index in [1.165, 1.54) is 18.4 Å². The second-order valence-electron chi connectivity index (χ2n) is 3.94. The van der Waals surface area contributed by atoms with Gasteiger partial charge in [0.2, 0.25) is 10.0 Å². The molecule has 0 fully saturated rings. The average molecular weight is 267 g/mol. The third-order valence-electron chi connectivity index (χ3n) is 2.84. The van der Waals surface area contributed by atoms with Crippen LogP contribution in [0.1, 0.15) is 9.67 Å². The van der Waals surface area contributed by atoms with E-state index in [2.05, 4.69) is 0 Å². The van der Waals surface area contributed by atoms with Crippen molar-refractivity contribution in [1.29, 1.82) is 0 Å². The van der Waals surface area contributed by atoms with Crippen LogP contribution in [0, 0.1) is 0 Å². The number of Topliss-reactive ketones (excluding diaryl/α,β-unsaturated/α-hetero) is 1. The molecule has 0 saturated heterocycles. The molecule has 1 aliphatic heterocycles. The summed E-state index contributed by atoms with van der Waals surface area (Å²) in [6.45, 7) is -0.0673. The monoisotopic (exact) mass is 267 g/mol. The van der Waals surface area contributed by atoms with Crippen LogP contribution in [0.15, 0.2) is 29.2 Å². The highest BCUT2D eigenvalue weighted by atomic mass is 32.2. The van der Waals surface area contributed by atoms with Crippen LogP contribution in [-0.2, 0) is 10.0 Å². The standard InChI is InChI=1S/C11H9NO3S2/c1-12-6-8(13)10-11(17(12,14)15)7-4-2-3-5-9(7)16-10/h2-5H,6H2,1H3. The highest BCUT2D eigenvalue weighted by Crippen LogP contribution is 2.38. The number of hydrogen-bond donors (Lipinski definition) is 0. The lowest BCUT2D eigenvalue weighted by molar-refractivity contribution is 0.0968. The quantitative estimate of drug-likeness (QED) is 0.730. The molecule has 0 amide bonds. The zero-order valence-electron chi connectivity index (χ0n) is 9.00. The van der Waals surface area contributed by atoms with Gasteiger partial charge in [0, 0.05) is 17.1 Å². The molecule has 1 aromatic carbocycles. The topological polar surface area (TPSA) is 54.5 Å². The smallest absolute Gasteiger partial charge is 0.245 e. The lowest BCUT2D eigenvalue weighted by Gasteiger charge is -2.21. The Balaban J connectivity index is 2.50. The first-order valence-corrected chi connectivity index (χ1v) is 7.28. The van der Waals surface area contributed by atoms with Crippen LogP contribution in [-0.4, -0.2) is 32.1 Å². The van der Waals surface area contributed by atoms with Gasteiger partial charge >= 0.3 is 0 Å². The summed E-state index contributed by atoms with van der Waals surface area (Å²) in [6, 6.07) is 7.20. The molecule has 0 aliphatic carbocycles. The molecule has 0 bridgehead atoms. The van der Waals surface area contributed by atoms with Gasteiger partial charge in [-0.05, 0) is 6.07 Å². The first-order chi connectivity index (χ1) is 8.01. The maximum absolute atomic E-state index is 12.2. The molecule has 2 heterocycles. The lowest BCUT2D eigenvalue weighted by atomic mass is 10.2. The van der Waals surface area contributed by atoms with Crippen LogP contribution in [0.4, 0.5) is 0 Å². The highest BCUT2D eigenvalue weighted by Gasteiger charge is 2.37. The summed E-state index contributed by atoms with van der Waals surface area (Å²) in [5.74, 6) is -0.126. The van der Waals surface area contributed by atoms with Gasteiger partial charge in [-0.3, -0.25) is 4.79 Å². The Morgan fingerprint density at radius 3 is 2.76 bits per heavy atom. The van der Waals surface area contributed by atoms with E-state index in [1.807, 2.05) is 12.1 Å². The fraction of sp³-hybridized carbons (Fsp3) is 0.182. The number of carbonyl (C=O) groups excluding carboxylic acids is 1. The fourth-order valence-electron chi connectivity index (χ4n) is 1.98. The van der Waals surface area contributed by atoms with Crippen molar-refractivity contribution in [3.63, 3.8) is 0 Å². The van der Waals surface area contributed by atoms with Crippen molar-refractivity contribution in [2.45, 2.75) is 4.90 Å². The Kier molecular flexibility index (Phi) is 2.16. The summed E-state index contributed by atoms with van der Waals surface area (Å²) in [7, 11) is -2.08. The zero-order valence-corrected chi connectivity index (χ0v) is 10.6. The van der Waals surface area contributed by atoms with Crippen molar-refractivity contribution in [2.24, 2.45) is 0 Å². The van der Waals surface area contributed by atoms with Crippen LogP contribution < -0.4 is 0 Å². The number of rotatable bonds is 0. The first-order valence-electron chi connectivity index (χ1n) is 5.03.